The Morgan fingerprint density at radius 1 is 1.29 bits per heavy atom. The van der Waals surface area contributed by atoms with E-state index in [1.165, 1.54) is 4.31 Å². The van der Waals surface area contributed by atoms with E-state index in [1.807, 2.05) is 6.92 Å². The van der Waals surface area contributed by atoms with E-state index in [2.05, 4.69) is 4.90 Å². The third-order valence-electron chi connectivity index (χ3n) is 3.25. The molecule has 6 nitrogen and oxygen atoms in total. The van der Waals surface area contributed by atoms with Crippen molar-refractivity contribution in [2.24, 2.45) is 5.73 Å². The van der Waals surface area contributed by atoms with Gasteiger partial charge in [-0.05, 0) is 6.42 Å². The first-order valence-corrected chi connectivity index (χ1v) is 7.58. The highest BCUT2D eigenvalue weighted by Crippen LogP contribution is 2.14. The molecule has 1 unspecified atom stereocenters. The van der Waals surface area contributed by atoms with Gasteiger partial charge in [0.15, 0.2) is 0 Å². The Labute approximate surface area is 103 Å². The van der Waals surface area contributed by atoms with Crippen molar-refractivity contribution >= 4 is 10.0 Å². The molecule has 17 heavy (non-hydrogen) atoms. The van der Waals surface area contributed by atoms with Crippen LogP contribution < -0.4 is 5.73 Å². The Hall–Kier alpha value is -0.210. The summed E-state index contributed by atoms with van der Waals surface area (Å²) in [6, 6.07) is 0. The summed E-state index contributed by atoms with van der Waals surface area (Å²) >= 11 is 0. The predicted octanol–water partition coefficient (Wildman–Crippen LogP) is -1.34. The van der Waals surface area contributed by atoms with Gasteiger partial charge in [-0.15, -0.1) is 0 Å². The molecule has 0 aromatic rings. The first-order valence-electron chi connectivity index (χ1n) is 6.08. The first-order chi connectivity index (χ1) is 8.06. The molecule has 0 aliphatic carbocycles. The first kappa shape index (κ1) is 14.8. The SMILES string of the molecule is CCC(CN)S(=O)(=O)N1CCN(CCO)CC1. The fourth-order valence-corrected chi connectivity index (χ4v) is 3.82. The van der Waals surface area contributed by atoms with Gasteiger partial charge in [-0.3, -0.25) is 4.90 Å². The normalized spacial score (nSPS) is 21.6. The summed E-state index contributed by atoms with van der Waals surface area (Å²) in [6.45, 7) is 5.11. The Kier molecular flexibility index (Phi) is 5.81. The quantitative estimate of drug-likeness (QED) is 0.621. The summed E-state index contributed by atoms with van der Waals surface area (Å²) in [6.07, 6.45) is 0.551. The fourth-order valence-electron chi connectivity index (χ4n) is 2.06. The van der Waals surface area contributed by atoms with E-state index in [0.29, 0.717) is 39.1 Å². The summed E-state index contributed by atoms with van der Waals surface area (Å²) in [4.78, 5) is 2.06. The van der Waals surface area contributed by atoms with E-state index in [1.54, 1.807) is 0 Å². The van der Waals surface area contributed by atoms with Crippen LogP contribution in [0.15, 0.2) is 0 Å². The Balaban J connectivity index is 2.58. The smallest absolute Gasteiger partial charge is 0.218 e. The van der Waals surface area contributed by atoms with Crippen molar-refractivity contribution in [2.75, 3.05) is 45.9 Å². The highest BCUT2D eigenvalue weighted by molar-refractivity contribution is 7.89. The number of nitrogens with zero attached hydrogens (tertiary/aromatic N) is 2. The van der Waals surface area contributed by atoms with Crippen molar-refractivity contribution in [3.63, 3.8) is 0 Å². The molecular weight excluding hydrogens is 242 g/mol. The third-order valence-corrected chi connectivity index (χ3v) is 5.70. The molecule has 1 fully saturated rings. The summed E-state index contributed by atoms with van der Waals surface area (Å²) in [5.74, 6) is 0. The minimum Gasteiger partial charge on any atom is -0.395 e. The lowest BCUT2D eigenvalue weighted by Crippen LogP contribution is -2.52. The van der Waals surface area contributed by atoms with Gasteiger partial charge in [0.05, 0.1) is 11.9 Å². The number of aliphatic hydroxyl groups excluding tert-OH is 1. The average Bonchev–Trinajstić information content (AvgIpc) is 2.31. The summed E-state index contributed by atoms with van der Waals surface area (Å²) in [5.41, 5.74) is 5.50. The van der Waals surface area contributed by atoms with Crippen LogP contribution in [0, 0.1) is 0 Å². The standard InChI is InChI=1S/C10H23N3O3S/c1-2-10(9-11)17(15,16)13-5-3-12(4-6-13)7-8-14/h10,14H,2-9,11H2,1H3. The van der Waals surface area contributed by atoms with Gasteiger partial charge in [0.1, 0.15) is 0 Å². The fraction of sp³-hybridized carbons (Fsp3) is 1.00. The highest BCUT2D eigenvalue weighted by Gasteiger charge is 2.32. The molecule has 0 saturated carbocycles. The second-order valence-electron chi connectivity index (χ2n) is 4.28. The molecule has 1 saturated heterocycles. The molecule has 1 heterocycles. The van der Waals surface area contributed by atoms with Crippen LogP contribution in [0.2, 0.25) is 0 Å². The minimum atomic E-state index is -3.24. The van der Waals surface area contributed by atoms with Crippen molar-refractivity contribution < 1.29 is 13.5 Å². The summed E-state index contributed by atoms with van der Waals surface area (Å²) in [5, 5.41) is 8.35. The van der Waals surface area contributed by atoms with Gasteiger partial charge >= 0.3 is 0 Å². The van der Waals surface area contributed by atoms with Crippen molar-refractivity contribution in [1.29, 1.82) is 0 Å². The van der Waals surface area contributed by atoms with Gasteiger partial charge in [0.2, 0.25) is 10.0 Å². The lowest BCUT2D eigenvalue weighted by atomic mass is 10.3. The van der Waals surface area contributed by atoms with Gasteiger partial charge < -0.3 is 10.8 Å². The summed E-state index contributed by atoms with van der Waals surface area (Å²) < 4.78 is 25.9. The van der Waals surface area contributed by atoms with E-state index in [0.717, 1.165) is 0 Å². The van der Waals surface area contributed by atoms with Crippen LogP contribution in [0.4, 0.5) is 0 Å². The molecule has 0 spiro atoms. The zero-order valence-electron chi connectivity index (χ0n) is 10.4. The Morgan fingerprint density at radius 2 is 1.88 bits per heavy atom. The number of rotatable bonds is 6. The number of piperazine rings is 1. The van der Waals surface area contributed by atoms with Crippen LogP contribution in [0.25, 0.3) is 0 Å². The molecule has 102 valence electrons. The highest BCUT2D eigenvalue weighted by atomic mass is 32.2. The monoisotopic (exact) mass is 265 g/mol. The minimum absolute atomic E-state index is 0.118. The molecule has 0 amide bonds. The molecule has 7 heteroatoms. The Bertz CT molecular complexity index is 309. The lowest BCUT2D eigenvalue weighted by molar-refractivity contribution is 0.151. The maximum Gasteiger partial charge on any atom is 0.218 e. The summed E-state index contributed by atoms with van der Waals surface area (Å²) in [7, 11) is -3.24. The number of hydrogen-bond donors (Lipinski definition) is 2. The van der Waals surface area contributed by atoms with E-state index < -0.39 is 15.3 Å². The molecule has 1 aliphatic heterocycles. The number of hydrogen-bond acceptors (Lipinski definition) is 5. The molecule has 3 N–H and O–H groups in total. The molecule has 0 aromatic carbocycles. The molecule has 0 bridgehead atoms. The average molecular weight is 265 g/mol. The number of nitrogens with two attached hydrogens (primary N) is 1. The van der Waals surface area contributed by atoms with E-state index in [4.69, 9.17) is 10.8 Å². The zero-order valence-corrected chi connectivity index (χ0v) is 11.2. The third kappa shape index (κ3) is 3.62. The van der Waals surface area contributed by atoms with Crippen LogP contribution in [0.3, 0.4) is 0 Å². The van der Waals surface area contributed by atoms with Crippen LogP contribution in [0.5, 0.6) is 0 Å². The van der Waals surface area contributed by atoms with Crippen molar-refractivity contribution in [3.05, 3.63) is 0 Å². The van der Waals surface area contributed by atoms with Crippen molar-refractivity contribution in [2.45, 2.75) is 18.6 Å². The molecule has 0 aromatic heterocycles. The molecular formula is C10H23N3O3S. The van der Waals surface area contributed by atoms with Crippen molar-refractivity contribution in [1.82, 2.24) is 9.21 Å². The molecule has 1 atom stereocenters. The van der Waals surface area contributed by atoms with Gasteiger partial charge in [-0.1, -0.05) is 6.92 Å². The molecule has 0 radical (unpaired) electrons. The molecule has 1 aliphatic rings. The van der Waals surface area contributed by atoms with E-state index in [-0.39, 0.29) is 13.2 Å². The van der Waals surface area contributed by atoms with Crippen LogP contribution >= 0.6 is 0 Å². The number of β-amino-alcohol motifs (C(OH)–C–C–N with tert-alkyl or cyclic N) is 1. The lowest BCUT2D eigenvalue weighted by Gasteiger charge is -2.35. The second-order valence-corrected chi connectivity index (χ2v) is 6.49. The van der Waals surface area contributed by atoms with Crippen LogP contribution in [-0.2, 0) is 10.0 Å². The topological polar surface area (TPSA) is 86.9 Å². The van der Waals surface area contributed by atoms with Gasteiger partial charge in [0.25, 0.3) is 0 Å². The van der Waals surface area contributed by atoms with Crippen molar-refractivity contribution in [3.8, 4) is 0 Å². The van der Waals surface area contributed by atoms with Crippen LogP contribution in [0.1, 0.15) is 13.3 Å². The van der Waals surface area contributed by atoms with Gasteiger partial charge in [-0.25, -0.2) is 8.42 Å². The zero-order chi connectivity index (χ0) is 12.9. The Morgan fingerprint density at radius 3 is 2.29 bits per heavy atom. The van der Waals surface area contributed by atoms with E-state index >= 15 is 0 Å². The predicted molar refractivity (Wildman–Crippen MR) is 67.2 cm³/mol. The maximum absolute atomic E-state index is 12.2. The number of sulfonamides is 1. The number of aliphatic hydroxyl groups is 1. The molecule has 1 rings (SSSR count). The van der Waals surface area contributed by atoms with Gasteiger partial charge in [-0.2, -0.15) is 4.31 Å². The van der Waals surface area contributed by atoms with Gasteiger partial charge in [0, 0.05) is 39.3 Å². The van der Waals surface area contributed by atoms with Crippen LogP contribution in [-0.4, -0.2) is 73.9 Å². The maximum atomic E-state index is 12.2. The largest absolute Gasteiger partial charge is 0.395 e. The van der Waals surface area contributed by atoms with E-state index in [9.17, 15) is 8.42 Å². The second kappa shape index (κ2) is 6.65.